The Bertz CT molecular complexity index is 1290. The molecule has 30 heavy (non-hydrogen) atoms. The van der Waals surface area contributed by atoms with E-state index in [0.29, 0.717) is 34.8 Å². The Morgan fingerprint density at radius 2 is 1.87 bits per heavy atom. The van der Waals surface area contributed by atoms with E-state index in [0.717, 1.165) is 0 Å². The summed E-state index contributed by atoms with van der Waals surface area (Å²) < 4.78 is 32.5. The van der Waals surface area contributed by atoms with Gasteiger partial charge >= 0.3 is 5.97 Å². The lowest BCUT2D eigenvalue weighted by atomic mass is 10.2. The summed E-state index contributed by atoms with van der Waals surface area (Å²) in [7, 11) is -3.71. The summed E-state index contributed by atoms with van der Waals surface area (Å²) in [4.78, 5) is 13.2. The van der Waals surface area contributed by atoms with Gasteiger partial charge < -0.3 is 14.4 Å². The van der Waals surface area contributed by atoms with Gasteiger partial charge in [0.05, 0.1) is 27.2 Å². The minimum Gasteiger partial charge on any atom is -0.475 e. The number of furan rings is 1. The van der Waals surface area contributed by atoms with Crippen LogP contribution in [0, 0.1) is 11.3 Å². The molecule has 1 N–H and O–H groups in total. The third-order valence-corrected chi connectivity index (χ3v) is 7.30. The van der Waals surface area contributed by atoms with Crippen molar-refractivity contribution in [3.63, 3.8) is 0 Å². The molecule has 1 aliphatic heterocycles. The number of rotatable bonds is 4. The average Bonchev–Trinajstić information content (AvgIpc) is 3.20. The van der Waals surface area contributed by atoms with E-state index in [9.17, 15) is 13.2 Å². The number of aromatic carboxylic acids is 1. The molecule has 1 fully saturated rings. The second-order valence-corrected chi connectivity index (χ2v) is 9.07. The molecule has 2 heterocycles. The maximum absolute atomic E-state index is 12.9. The van der Waals surface area contributed by atoms with Crippen LogP contribution in [0.3, 0.4) is 0 Å². The monoisotopic (exact) mass is 445 g/mol. The Hall–Kier alpha value is -3.06. The lowest BCUT2D eigenvalue weighted by Crippen LogP contribution is -2.48. The Morgan fingerprint density at radius 1 is 1.13 bits per heavy atom. The van der Waals surface area contributed by atoms with Crippen LogP contribution in [-0.2, 0) is 10.0 Å². The van der Waals surface area contributed by atoms with Crippen molar-refractivity contribution in [1.29, 1.82) is 5.26 Å². The number of hydrogen-bond acceptors (Lipinski definition) is 6. The summed E-state index contributed by atoms with van der Waals surface area (Å²) in [6.07, 6.45) is 0. The Labute approximate surface area is 177 Å². The average molecular weight is 446 g/mol. The molecule has 0 unspecified atom stereocenters. The first-order valence-electron chi connectivity index (χ1n) is 9.02. The van der Waals surface area contributed by atoms with E-state index in [4.69, 9.17) is 26.4 Å². The lowest BCUT2D eigenvalue weighted by Gasteiger charge is -2.35. The smallest absolute Gasteiger partial charge is 0.371 e. The second-order valence-electron chi connectivity index (χ2n) is 6.76. The fraction of sp³-hybridized carbons (Fsp3) is 0.200. The summed E-state index contributed by atoms with van der Waals surface area (Å²) in [6, 6.07) is 12.7. The number of carboxylic acid groups (broad SMARTS) is 1. The molecule has 3 aromatic rings. The number of hydrogen-bond donors (Lipinski definition) is 1. The van der Waals surface area contributed by atoms with Crippen molar-refractivity contribution in [2.24, 2.45) is 0 Å². The fourth-order valence-corrected chi connectivity index (χ4v) is 5.26. The maximum atomic E-state index is 12.9. The first-order valence-corrected chi connectivity index (χ1v) is 10.8. The molecule has 8 nitrogen and oxygen atoms in total. The van der Waals surface area contributed by atoms with Crippen molar-refractivity contribution < 1.29 is 22.7 Å². The van der Waals surface area contributed by atoms with Gasteiger partial charge in [-0.05, 0) is 30.3 Å². The van der Waals surface area contributed by atoms with Gasteiger partial charge in [0.1, 0.15) is 5.58 Å². The van der Waals surface area contributed by atoms with Crippen LogP contribution in [0.1, 0.15) is 16.1 Å². The van der Waals surface area contributed by atoms with Crippen LogP contribution in [0.15, 0.2) is 51.8 Å². The number of carboxylic acids is 1. The topological polar surface area (TPSA) is 115 Å². The molecule has 0 aliphatic carbocycles. The molecule has 0 saturated carbocycles. The number of sulfonamides is 1. The van der Waals surface area contributed by atoms with Crippen LogP contribution in [0.5, 0.6) is 0 Å². The molecule has 10 heteroatoms. The third-order valence-electron chi connectivity index (χ3n) is 5.01. The third kappa shape index (κ3) is 3.50. The van der Waals surface area contributed by atoms with E-state index in [-0.39, 0.29) is 29.3 Å². The van der Waals surface area contributed by atoms with Gasteiger partial charge in [-0.15, -0.1) is 0 Å². The number of halogens is 1. The Morgan fingerprint density at radius 3 is 2.53 bits per heavy atom. The number of anilines is 1. The van der Waals surface area contributed by atoms with Crippen LogP contribution in [0.4, 0.5) is 5.69 Å². The lowest BCUT2D eigenvalue weighted by molar-refractivity contribution is 0.0665. The molecule has 0 amide bonds. The molecule has 1 saturated heterocycles. The zero-order valence-electron chi connectivity index (χ0n) is 15.6. The van der Waals surface area contributed by atoms with Crippen molar-refractivity contribution in [3.05, 3.63) is 58.8 Å². The minimum atomic E-state index is -3.71. The van der Waals surface area contributed by atoms with E-state index >= 15 is 0 Å². The maximum Gasteiger partial charge on any atom is 0.371 e. The van der Waals surface area contributed by atoms with E-state index < -0.39 is 16.0 Å². The highest BCUT2D eigenvalue weighted by atomic mass is 35.5. The van der Waals surface area contributed by atoms with Gasteiger partial charge in [-0.25, -0.2) is 13.2 Å². The summed E-state index contributed by atoms with van der Waals surface area (Å²) in [5.74, 6) is -1.37. The fourth-order valence-electron chi connectivity index (χ4n) is 3.46. The molecular formula is C20H16ClN3O5S. The van der Waals surface area contributed by atoms with Crippen molar-refractivity contribution >= 4 is 44.3 Å². The Balaban J connectivity index is 1.55. The van der Waals surface area contributed by atoms with Crippen LogP contribution >= 0.6 is 11.6 Å². The number of carbonyl (C=O) groups is 1. The molecule has 2 aromatic carbocycles. The first-order chi connectivity index (χ1) is 14.3. The zero-order valence-corrected chi connectivity index (χ0v) is 17.2. The molecule has 154 valence electrons. The number of benzene rings is 2. The highest BCUT2D eigenvalue weighted by molar-refractivity contribution is 7.89. The predicted molar refractivity (Wildman–Crippen MR) is 110 cm³/mol. The van der Waals surface area contributed by atoms with Gasteiger partial charge in [-0.1, -0.05) is 17.7 Å². The van der Waals surface area contributed by atoms with Gasteiger partial charge in [0.2, 0.25) is 15.8 Å². The minimum absolute atomic E-state index is 0.0917. The summed E-state index contributed by atoms with van der Waals surface area (Å²) in [6.45, 7) is 1.32. The van der Waals surface area contributed by atoms with E-state index in [2.05, 4.69) is 0 Å². The standard InChI is InChI=1S/C20H16ClN3O5S/c21-19-15-11-18(20(25)26)29-17(15)5-4-16(19)23-6-8-24(9-7-23)30(27,28)14-3-1-2-13(10-14)12-22/h1-5,10-11H,6-9H2,(H,25,26). The van der Waals surface area contributed by atoms with Crippen LogP contribution < -0.4 is 4.90 Å². The highest BCUT2D eigenvalue weighted by Gasteiger charge is 2.29. The first kappa shape index (κ1) is 20.2. The van der Waals surface area contributed by atoms with Crippen LogP contribution in [0.25, 0.3) is 11.0 Å². The van der Waals surface area contributed by atoms with Crippen LogP contribution in [0.2, 0.25) is 5.02 Å². The number of nitriles is 1. The SMILES string of the molecule is N#Cc1cccc(S(=O)(=O)N2CCN(c3ccc4oc(C(=O)O)cc4c3Cl)CC2)c1. The van der Waals surface area contributed by atoms with Gasteiger partial charge in [0.25, 0.3) is 0 Å². The molecular weight excluding hydrogens is 430 g/mol. The highest BCUT2D eigenvalue weighted by Crippen LogP contribution is 2.36. The molecule has 1 aliphatic rings. The second kappa shape index (κ2) is 7.65. The van der Waals surface area contributed by atoms with Crippen molar-refractivity contribution in [3.8, 4) is 6.07 Å². The van der Waals surface area contributed by atoms with Crippen molar-refractivity contribution in [1.82, 2.24) is 4.31 Å². The van der Waals surface area contributed by atoms with Gasteiger partial charge in [-0.3, -0.25) is 0 Å². The summed E-state index contributed by atoms with van der Waals surface area (Å²) >= 11 is 6.49. The molecule has 4 rings (SSSR count). The predicted octanol–water partition coefficient (Wildman–Crippen LogP) is 3.17. The van der Waals surface area contributed by atoms with E-state index in [1.165, 1.54) is 22.5 Å². The molecule has 1 aromatic heterocycles. The summed E-state index contributed by atoms with van der Waals surface area (Å²) in [5, 5.41) is 19.0. The summed E-state index contributed by atoms with van der Waals surface area (Å²) in [5.41, 5.74) is 1.35. The number of piperazine rings is 1. The normalized spacial score (nSPS) is 15.3. The van der Waals surface area contributed by atoms with Gasteiger partial charge in [0, 0.05) is 37.6 Å². The largest absolute Gasteiger partial charge is 0.475 e. The molecule has 0 spiro atoms. The molecule has 0 radical (unpaired) electrons. The van der Waals surface area contributed by atoms with Gasteiger partial charge in [-0.2, -0.15) is 9.57 Å². The Kier molecular flexibility index (Phi) is 5.15. The molecule has 0 atom stereocenters. The number of fused-ring (bicyclic) bond motifs is 1. The number of nitrogens with zero attached hydrogens (tertiary/aromatic N) is 3. The van der Waals surface area contributed by atoms with E-state index in [1.54, 1.807) is 24.3 Å². The van der Waals surface area contributed by atoms with Crippen molar-refractivity contribution in [2.45, 2.75) is 4.90 Å². The van der Waals surface area contributed by atoms with Crippen LogP contribution in [-0.4, -0.2) is 50.0 Å². The van der Waals surface area contributed by atoms with Gasteiger partial charge in [0.15, 0.2) is 0 Å². The quantitative estimate of drug-likeness (QED) is 0.655. The zero-order chi connectivity index (χ0) is 21.5. The van der Waals surface area contributed by atoms with E-state index in [1.807, 2.05) is 11.0 Å². The molecule has 0 bridgehead atoms. The van der Waals surface area contributed by atoms with Crippen molar-refractivity contribution in [2.75, 3.05) is 31.1 Å².